The van der Waals surface area contributed by atoms with Gasteiger partial charge in [-0.1, -0.05) is 19.8 Å². The molecule has 0 bridgehead atoms. The van der Waals surface area contributed by atoms with E-state index < -0.39 is 15.9 Å². The third-order valence-electron chi connectivity index (χ3n) is 1.52. The summed E-state index contributed by atoms with van der Waals surface area (Å²) in [5.41, 5.74) is 0. The zero-order valence-corrected chi connectivity index (χ0v) is 7.97. The Kier molecular flexibility index (Phi) is 4.86. The van der Waals surface area contributed by atoms with Crippen molar-refractivity contribution in [1.29, 1.82) is 5.26 Å². The lowest BCUT2D eigenvalue weighted by Crippen LogP contribution is -2.22. The van der Waals surface area contributed by atoms with Gasteiger partial charge < -0.3 is 0 Å². The van der Waals surface area contributed by atoms with Gasteiger partial charge in [0.25, 0.3) is 0 Å². The molecule has 0 saturated carbocycles. The molecule has 0 amide bonds. The molecule has 0 rings (SSSR count). The summed E-state index contributed by atoms with van der Waals surface area (Å²) in [5, 5.41) is 13.4. The summed E-state index contributed by atoms with van der Waals surface area (Å²) in [6.07, 6.45) is 2.44. The highest BCUT2D eigenvalue weighted by molar-refractivity contribution is 7.89. The molecular formula is C7H14N2O2S. The quantitative estimate of drug-likeness (QED) is 0.689. The number of hydrogen-bond acceptors (Lipinski definition) is 3. The van der Waals surface area contributed by atoms with Crippen LogP contribution in [0.1, 0.15) is 26.2 Å². The molecule has 0 spiro atoms. The van der Waals surface area contributed by atoms with E-state index in [1.165, 1.54) is 0 Å². The molecule has 0 radical (unpaired) electrons. The van der Waals surface area contributed by atoms with Gasteiger partial charge in [0, 0.05) is 0 Å². The molecule has 0 aromatic carbocycles. The van der Waals surface area contributed by atoms with Crippen LogP contribution in [-0.2, 0) is 10.0 Å². The van der Waals surface area contributed by atoms with E-state index in [1.807, 2.05) is 13.0 Å². The monoisotopic (exact) mass is 190 g/mol. The minimum absolute atomic E-state index is 0.219. The Morgan fingerprint density at radius 3 is 2.50 bits per heavy atom. The van der Waals surface area contributed by atoms with Crippen molar-refractivity contribution in [3.05, 3.63) is 0 Å². The summed E-state index contributed by atoms with van der Waals surface area (Å²) in [7, 11) is -3.49. The van der Waals surface area contributed by atoms with Gasteiger partial charge in [-0.3, -0.25) is 0 Å². The highest BCUT2D eigenvalue weighted by Crippen LogP contribution is 2.08. The van der Waals surface area contributed by atoms with Crippen LogP contribution in [0.3, 0.4) is 0 Å². The number of nitrogens with zero attached hydrogens (tertiary/aromatic N) is 1. The fourth-order valence-corrected chi connectivity index (χ4v) is 1.72. The minimum atomic E-state index is -3.49. The van der Waals surface area contributed by atoms with Crippen molar-refractivity contribution in [3.63, 3.8) is 0 Å². The highest BCUT2D eigenvalue weighted by Gasteiger charge is 2.13. The van der Waals surface area contributed by atoms with Gasteiger partial charge in [0.05, 0.1) is 17.7 Å². The largest absolute Gasteiger partial charge is 0.229 e. The van der Waals surface area contributed by atoms with Crippen molar-refractivity contribution in [2.24, 2.45) is 11.1 Å². The van der Waals surface area contributed by atoms with E-state index in [0.29, 0.717) is 6.42 Å². The van der Waals surface area contributed by atoms with Gasteiger partial charge in [-0.15, -0.1) is 0 Å². The fourth-order valence-electron chi connectivity index (χ4n) is 0.916. The second kappa shape index (κ2) is 5.12. The topological polar surface area (TPSA) is 83.9 Å². The van der Waals surface area contributed by atoms with Crippen molar-refractivity contribution < 1.29 is 8.42 Å². The zero-order chi connectivity index (χ0) is 9.61. The molecule has 0 heterocycles. The number of nitriles is 1. The molecular weight excluding hydrogens is 176 g/mol. The average molecular weight is 190 g/mol. The number of unbranched alkanes of at least 4 members (excludes halogenated alkanes) is 1. The minimum Gasteiger partial charge on any atom is -0.229 e. The van der Waals surface area contributed by atoms with Crippen LogP contribution in [0, 0.1) is 17.2 Å². The van der Waals surface area contributed by atoms with Gasteiger partial charge in [0.1, 0.15) is 0 Å². The number of primary sulfonamides is 1. The van der Waals surface area contributed by atoms with Gasteiger partial charge in [0.15, 0.2) is 0 Å². The van der Waals surface area contributed by atoms with E-state index in [4.69, 9.17) is 10.4 Å². The summed E-state index contributed by atoms with van der Waals surface area (Å²) in [4.78, 5) is 0. The number of sulfonamides is 1. The van der Waals surface area contributed by atoms with Crippen LogP contribution in [0.2, 0.25) is 0 Å². The summed E-state index contributed by atoms with van der Waals surface area (Å²) in [6.45, 7) is 1.99. The Balaban J connectivity index is 3.95. The molecule has 0 aliphatic carbocycles. The molecule has 0 aliphatic heterocycles. The molecule has 5 heteroatoms. The van der Waals surface area contributed by atoms with Crippen molar-refractivity contribution in [1.82, 2.24) is 0 Å². The lowest BCUT2D eigenvalue weighted by Gasteiger charge is -2.04. The van der Waals surface area contributed by atoms with Crippen LogP contribution in [0.5, 0.6) is 0 Å². The van der Waals surface area contributed by atoms with Crippen molar-refractivity contribution >= 4 is 10.0 Å². The Bertz CT molecular complexity index is 253. The lowest BCUT2D eigenvalue weighted by molar-refractivity contribution is 0.566. The maximum absolute atomic E-state index is 10.6. The van der Waals surface area contributed by atoms with Gasteiger partial charge in [0.2, 0.25) is 10.0 Å². The summed E-state index contributed by atoms with van der Waals surface area (Å²) < 4.78 is 21.2. The van der Waals surface area contributed by atoms with E-state index >= 15 is 0 Å². The fraction of sp³-hybridized carbons (Fsp3) is 0.857. The van der Waals surface area contributed by atoms with E-state index in [9.17, 15) is 8.42 Å². The molecule has 70 valence electrons. The van der Waals surface area contributed by atoms with Crippen LogP contribution in [0.15, 0.2) is 0 Å². The maximum Gasteiger partial charge on any atom is 0.210 e. The predicted molar refractivity (Wildman–Crippen MR) is 46.6 cm³/mol. The van der Waals surface area contributed by atoms with Crippen molar-refractivity contribution in [2.45, 2.75) is 26.2 Å². The van der Waals surface area contributed by atoms with Gasteiger partial charge in [-0.05, 0) is 6.42 Å². The van der Waals surface area contributed by atoms with Crippen LogP contribution in [0.4, 0.5) is 0 Å². The molecule has 1 unspecified atom stereocenters. The van der Waals surface area contributed by atoms with E-state index in [1.54, 1.807) is 0 Å². The Labute approximate surface area is 73.4 Å². The third kappa shape index (κ3) is 6.13. The van der Waals surface area contributed by atoms with Gasteiger partial charge >= 0.3 is 0 Å². The lowest BCUT2D eigenvalue weighted by atomic mass is 10.1. The number of nitrogens with two attached hydrogens (primary N) is 1. The Morgan fingerprint density at radius 1 is 1.58 bits per heavy atom. The van der Waals surface area contributed by atoms with Gasteiger partial charge in [-0.2, -0.15) is 5.26 Å². The van der Waals surface area contributed by atoms with E-state index in [2.05, 4.69) is 0 Å². The molecule has 1 atom stereocenters. The SMILES string of the molecule is CCCCC(C#N)CS(N)(=O)=O. The van der Waals surface area contributed by atoms with Crippen molar-refractivity contribution in [3.8, 4) is 6.07 Å². The van der Waals surface area contributed by atoms with Crippen LogP contribution >= 0.6 is 0 Å². The second-order valence-corrected chi connectivity index (χ2v) is 4.46. The molecule has 0 aromatic heterocycles. The molecule has 0 fully saturated rings. The zero-order valence-electron chi connectivity index (χ0n) is 7.16. The van der Waals surface area contributed by atoms with Crippen molar-refractivity contribution in [2.75, 3.05) is 5.75 Å². The smallest absolute Gasteiger partial charge is 0.210 e. The van der Waals surface area contributed by atoms with Crippen LogP contribution in [0.25, 0.3) is 0 Å². The Morgan fingerprint density at radius 2 is 2.17 bits per heavy atom. The summed E-state index contributed by atoms with van der Waals surface area (Å²) in [5.74, 6) is -0.663. The van der Waals surface area contributed by atoms with Crippen LogP contribution in [-0.4, -0.2) is 14.2 Å². The molecule has 0 saturated heterocycles. The summed E-state index contributed by atoms with van der Waals surface area (Å²) in [6, 6.07) is 1.93. The molecule has 0 aliphatic rings. The second-order valence-electron chi connectivity index (χ2n) is 2.80. The first-order chi connectivity index (χ1) is 5.49. The molecule has 12 heavy (non-hydrogen) atoms. The maximum atomic E-state index is 10.6. The molecule has 4 nitrogen and oxygen atoms in total. The first-order valence-electron chi connectivity index (χ1n) is 3.89. The Hall–Kier alpha value is -0.600. The van der Waals surface area contributed by atoms with Crippen LogP contribution < -0.4 is 5.14 Å². The first-order valence-corrected chi connectivity index (χ1v) is 5.61. The summed E-state index contributed by atoms with van der Waals surface area (Å²) >= 11 is 0. The van der Waals surface area contributed by atoms with E-state index in [-0.39, 0.29) is 5.75 Å². The molecule has 0 aromatic rings. The molecule has 2 N–H and O–H groups in total. The standard InChI is InChI=1S/C7H14N2O2S/c1-2-3-4-7(5-8)6-12(9,10)11/h7H,2-4,6H2,1H3,(H2,9,10,11). The average Bonchev–Trinajstić information content (AvgIpc) is 1.95. The number of hydrogen-bond donors (Lipinski definition) is 1. The highest BCUT2D eigenvalue weighted by atomic mass is 32.2. The third-order valence-corrected chi connectivity index (χ3v) is 2.39. The first kappa shape index (κ1) is 11.4. The van der Waals surface area contributed by atoms with Gasteiger partial charge in [-0.25, -0.2) is 13.6 Å². The number of rotatable bonds is 5. The van der Waals surface area contributed by atoms with E-state index in [0.717, 1.165) is 12.8 Å². The normalized spacial score (nSPS) is 13.8. The predicted octanol–water partition coefficient (Wildman–Crippen LogP) is 0.605.